The monoisotopic (exact) mass is 365 g/mol. The molecule has 2 aliphatic carbocycles. The first-order valence-electron chi connectivity index (χ1n) is 10.5. The number of rotatable bonds is 7. The summed E-state index contributed by atoms with van der Waals surface area (Å²) in [5, 5.41) is 2.15. The van der Waals surface area contributed by atoms with Crippen molar-refractivity contribution >= 4 is 12.6 Å². The highest BCUT2D eigenvalue weighted by Crippen LogP contribution is 2.44. The van der Waals surface area contributed by atoms with Gasteiger partial charge in [0.2, 0.25) is 0 Å². The molecule has 0 N–H and O–H groups in total. The van der Waals surface area contributed by atoms with Crippen molar-refractivity contribution in [1.82, 2.24) is 5.06 Å². The summed E-state index contributed by atoms with van der Waals surface area (Å²) in [4.78, 5) is 28.7. The first-order chi connectivity index (χ1) is 12.7. The summed E-state index contributed by atoms with van der Waals surface area (Å²) in [5.74, 6) is 2.07. The third-order valence-electron chi connectivity index (χ3n) is 7.05. The average Bonchev–Trinajstić information content (AvgIpc) is 3.14. The molecule has 6 unspecified atom stereocenters. The molecule has 1 heterocycles. The largest absolute Gasteiger partial charge is 0.381 e. The maximum absolute atomic E-state index is 11.4. The topological polar surface area (TPSA) is 55.8 Å². The Balaban J connectivity index is 1.65. The quantitative estimate of drug-likeness (QED) is 0.649. The van der Waals surface area contributed by atoms with Gasteiger partial charge in [0.05, 0.1) is 12.7 Å². The fourth-order valence-corrected chi connectivity index (χ4v) is 5.63. The van der Waals surface area contributed by atoms with E-state index >= 15 is 0 Å². The third kappa shape index (κ3) is 4.55. The van der Waals surface area contributed by atoms with Crippen LogP contribution in [0, 0.1) is 35.5 Å². The number of hydroxylamine groups is 2. The fraction of sp³-hybridized carbons (Fsp3) is 0.905. The molecule has 0 bridgehead atoms. The van der Waals surface area contributed by atoms with Gasteiger partial charge in [-0.3, -0.25) is 4.84 Å². The van der Waals surface area contributed by atoms with Gasteiger partial charge in [-0.05, 0) is 56.3 Å². The summed E-state index contributed by atoms with van der Waals surface area (Å²) in [5.41, 5.74) is 0. The number of carbonyl (C=O) groups excluding carboxylic acids is 2. The average molecular weight is 366 g/mol. The Hall–Kier alpha value is -0.780. The maximum atomic E-state index is 11.4. The summed E-state index contributed by atoms with van der Waals surface area (Å²) >= 11 is 0. The van der Waals surface area contributed by atoms with E-state index in [9.17, 15) is 9.59 Å². The molecule has 0 aromatic carbocycles. The van der Waals surface area contributed by atoms with Gasteiger partial charge in [0.1, 0.15) is 12.6 Å². The van der Waals surface area contributed by atoms with Crippen LogP contribution in [0.15, 0.2) is 0 Å². The van der Waals surface area contributed by atoms with Crippen LogP contribution >= 0.6 is 0 Å². The van der Waals surface area contributed by atoms with Crippen LogP contribution in [0.5, 0.6) is 0 Å². The van der Waals surface area contributed by atoms with Crippen LogP contribution in [0.1, 0.15) is 51.9 Å². The third-order valence-corrected chi connectivity index (χ3v) is 7.05. The second-order valence-corrected chi connectivity index (χ2v) is 8.73. The molecule has 26 heavy (non-hydrogen) atoms. The predicted molar refractivity (Wildman–Crippen MR) is 99.4 cm³/mol. The second kappa shape index (κ2) is 9.43. The molecule has 3 fully saturated rings. The van der Waals surface area contributed by atoms with Crippen molar-refractivity contribution in [3.8, 4) is 0 Å². The Morgan fingerprint density at radius 2 is 1.85 bits per heavy atom. The standard InChI is InChI=1S/C21H35NO4/c1-3-15-10-22(26-14-15)11-18-5-4-6-20(21(18)25-2)19-8-16(12-23)7-17(9-19)13-24/h12-13,15-21H,3-11,14H2,1-2H3. The van der Waals surface area contributed by atoms with E-state index in [0.717, 1.165) is 58.0 Å². The van der Waals surface area contributed by atoms with E-state index in [1.807, 2.05) is 7.11 Å². The number of nitrogens with zero attached hydrogens (tertiary/aromatic N) is 1. The number of hydrogen-bond donors (Lipinski definition) is 0. The van der Waals surface area contributed by atoms with E-state index in [0.29, 0.717) is 23.7 Å². The van der Waals surface area contributed by atoms with E-state index in [4.69, 9.17) is 9.57 Å². The molecule has 3 rings (SSSR count). The zero-order valence-electron chi connectivity index (χ0n) is 16.3. The lowest BCUT2D eigenvalue weighted by Gasteiger charge is -2.44. The van der Waals surface area contributed by atoms with Crippen LogP contribution in [-0.2, 0) is 19.2 Å². The van der Waals surface area contributed by atoms with Gasteiger partial charge in [0.25, 0.3) is 0 Å². The van der Waals surface area contributed by atoms with Crippen LogP contribution in [0.25, 0.3) is 0 Å². The van der Waals surface area contributed by atoms with E-state index in [2.05, 4.69) is 12.0 Å². The first-order valence-corrected chi connectivity index (χ1v) is 10.5. The molecule has 0 spiro atoms. The zero-order chi connectivity index (χ0) is 18.5. The molecular weight excluding hydrogens is 330 g/mol. The molecular formula is C21H35NO4. The van der Waals surface area contributed by atoms with E-state index in [1.54, 1.807) is 0 Å². The number of hydrogen-bond acceptors (Lipinski definition) is 5. The smallest absolute Gasteiger partial charge is 0.123 e. The Labute approximate surface area is 157 Å². The minimum absolute atomic E-state index is 0.0362. The number of methoxy groups -OCH3 is 1. The molecule has 3 aliphatic rings. The molecule has 2 saturated carbocycles. The molecule has 0 amide bonds. The Kier molecular flexibility index (Phi) is 7.24. The molecule has 0 radical (unpaired) electrons. The maximum Gasteiger partial charge on any atom is 0.123 e. The van der Waals surface area contributed by atoms with Crippen molar-refractivity contribution in [2.24, 2.45) is 35.5 Å². The van der Waals surface area contributed by atoms with Crippen molar-refractivity contribution in [3.63, 3.8) is 0 Å². The van der Waals surface area contributed by atoms with Gasteiger partial charge in [-0.2, -0.15) is 5.06 Å². The molecule has 5 heteroatoms. The normalized spacial score (nSPS) is 41.8. The van der Waals surface area contributed by atoms with Crippen molar-refractivity contribution in [1.29, 1.82) is 0 Å². The number of carbonyl (C=O) groups is 2. The summed E-state index contributed by atoms with van der Waals surface area (Å²) < 4.78 is 6.01. The van der Waals surface area contributed by atoms with Crippen LogP contribution in [0.4, 0.5) is 0 Å². The number of aldehydes is 2. The van der Waals surface area contributed by atoms with E-state index in [1.165, 1.54) is 19.3 Å². The number of ether oxygens (including phenoxy) is 1. The highest BCUT2D eigenvalue weighted by atomic mass is 16.7. The van der Waals surface area contributed by atoms with Crippen LogP contribution in [0.2, 0.25) is 0 Å². The molecule has 1 aliphatic heterocycles. The molecule has 148 valence electrons. The Morgan fingerprint density at radius 3 is 2.42 bits per heavy atom. The summed E-state index contributed by atoms with van der Waals surface area (Å²) in [6.07, 6.45) is 9.59. The fourth-order valence-electron chi connectivity index (χ4n) is 5.63. The van der Waals surface area contributed by atoms with Gasteiger partial charge in [-0.1, -0.05) is 13.3 Å². The van der Waals surface area contributed by atoms with Crippen molar-refractivity contribution in [2.75, 3.05) is 26.8 Å². The molecule has 1 saturated heterocycles. The lowest BCUT2D eigenvalue weighted by Crippen LogP contribution is -2.45. The van der Waals surface area contributed by atoms with E-state index < -0.39 is 0 Å². The minimum atomic E-state index is 0.0362. The van der Waals surface area contributed by atoms with Crippen molar-refractivity contribution < 1.29 is 19.2 Å². The lowest BCUT2D eigenvalue weighted by molar-refractivity contribution is -0.144. The van der Waals surface area contributed by atoms with E-state index in [-0.39, 0.29) is 17.9 Å². The SMILES string of the molecule is CCC1CON(CC2CCCC(C3CC(C=O)CC(C=O)C3)C2OC)C1. The predicted octanol–water partition coefficient (Wildman–Crippen LogP) is 3.12. The minimum Gasteiger partial charge on any atom is -0.381 e. The van der Waals surface area contributed by atoms with Crippen LogP contribution < -0.4 is 0 Å². The van der Waals surface area contributed by atoms with Gasteiger partial charge in [0.15, 0.2) is 0 Å². The Morgan fingerprint density at radius 1 is 1.12 bits per heavy atom. The van der Waals surface area contributed by atoms with Gasteiger partial charge < -0.3 is 14.3 Å². The molecule has 5 nitrogen and oxygen atoms in total. The lowest BCUT2D eigenvalue weighted by atomic mass is 9.64. The zero-order valence-corrected chi connectivity index (χ0v) is 16.3. The molecule has 0 aromatic rings. The molecule has 0 aromatic heterocycles. The summed E-state index contributed by atoms with van der Waals surface area (Å²) in [6.45, 7) is 5.03. The van der Waals surface area contributed by atoms with Crippen LogP contribution in [0.3, 0.4) is 0 Å². The summed E-state index contributed by atoms with van der Waals surface area (Å²) in [7, 11) is 1.83. The summed E-state index contributed by atoms with van der Waals surface area (Å²) in [6, 6.07) is 0. The first kappa shape index (κ1) is 20.0. The van der Waals surface area contributed by atoms with Crippen molar-refractivity contribution in [2.45, 2.75) is 58.0 Å². The Bertz CT molecular complexity index is 455. The second-order valence-electron chi connectivity index (χ2n) is 8.73. The van der Waals surface area contributed by atoms with Crippen LogP contribution in [-0.4, -0.2) is 50.5 Å². The van der Waals surface area contributed by atoms with Crippen molar-refractivity contribution in [3.05, 3.63) is 0 Å². The van der Waals surface area contributed by atoms with Gasteiger partial charge >= 0.3 is 0 Å². The van der Waals surface area contributed by atoms with Gasteiger partial charge in [-0.25, -0.2) is 0 Å². The highest BCUT2D eigenvalue weighted by Gasteiger charge is 2.42. The van der Waals surface area contributed by atoms with Gasteiger partial charge in [-0.15, -0.1) is 0 Å². The van der Waals surface area contributed by atoms with Gasteiger partial charge in [0, 0.05) is 38.0 Å². The highest BCUT2D eigenvalue weighted by molar-refractivity contribution is 5.58. The molecule has 6 atom stereocenters.